The lowest BCUT2D eigenvalue weighted by atomic mass is 9.89. The highest BCUT2D eigenvalue weighted by atomic mass is 79.9. The molecule has 16 heavy (non-hydrogen) atoms. The van der Waals surface area contributed by atoms with Gasteiger partial charge in [0.15, 0.2) is 0 Å². The normalized spacial score (nSPS) is 25.3. The smallest absolute Gasteiger partial charge is 0.270 e. The molecule has 1 N–H and O–H groups in total. The predicted octanol–water partition coefficient (Wildman–Crippen LogP) is 2.83. The number of hydrogen-bond donors (Lipinski definition) is 1. The lowest BCUT2D eigenvalue weighted by molar-refractivity contribution is 0.0939. The van der Waals surface area contributed by atoms with Crippen LogP contribution in [0, 0.1) is 5.92 Å². The molecule has 1 saturated carbocycles. The molecular weight excluding hydrogens is 288 g/mol. The number of thiazole rings is 1. The predicted molar refractivity (Wildman–Crippen MR) is 69.1 cm³/mol. The second-order valence-corrected chi connectivity index (χ2v) is 6.23. The van der Waals surface area contributed by atoms with Crippen molar-refractivity contribution in [1.82, 2.24) is 10.3 Å². The summed E-state index contributed by atoms with van der Waals surface area (Å²) in [6.45, 7) is 0.776. The molecule has 0 aromatic carbocycles. The molecule has 1 fully saturated rings. The minimum absolute atomic E-state index is 0.0436. The molecule has 1 aromatic heterocycles. The van der Waals surface area contributed by atoms with E-state index in [4.69, 9.17) is 0 Å². The Balaban J connectivity index is 1.77. The first-order chi connectivity index (χ1) is 7.75. The monoisotopic (exact) mass is 302 g/mol. The van der Waals surface area contributed by atoms with Gasteiger partial charge in [-0.15, -0.1) is 11.3 Å². The first-order valence-corrected chi connectivity index (χ1v) is 7.42. The molecule has 2 atom stereocenters. The highest BCUT2D eigenvalue weighted by molar-refractivity contribution is 9.09. The maximum atomic E-state index is 11.7. The van der Waals surface area contributed by atoms with Crippen LogP contribution >= 0.6 is 27.3 Å². The molecule has 1 aliphatic carbocycles. The number of carbonyl (C=O) groups excluding carboxylic acids is 1. The molecular formula is C11H15BrN2OS. The van der Waals surface area contributed by atoms with E-state index in [1.54, 1.807) is 10.9 Å². The Labute approximate surface area is 108 Å². The number of carbonyl (C=O) groups is 1. The maximum absolute atomic E-state index is 11.7. The van der Waals surface area contributed by atoms with Crippen molar-refractivity contribution in [1.29, 1.82) is 0 Å². The Kier molecular flexibility index (Phi) is 4.35. The molecule has 1 aliphatic rings. The Morgan fingerprint density at radius 2 is 2.50 bits per heavy atom. The first kappa shape index (κ1) is 12.0. The summed E-state index contributed by atoms with van der Waals surface area (Å²) in [6, 6.07) is 0. The van der Waals surface area contributed by atoms with E-state index in [1.807, 2.05) is 0 Å². The average Bonchev–Trinajstić information content (AvgIpc) is 2.79. The summed E-state index contributed by atoms with van der Waals surface area (Å²) in [6.07, 6.45) is 4.90. The Morgan fingerprint density at radius 3 is 3.19 bits per heavy atom. The van der Waals surface area contributed by atoms with Crippen molar-refractivity contribution in [2.45, 2.75) is 30.5 Å². The summed E-state index contributed by atoms with van der Waals surface area (Å²) >= 11 is 5.10. The van der Waals surface area contributed by atoms with Crippen molar-refractivity contribution in [3.05, 3.63) is 16.6 Å². The lowest BCUT2D eigenvalue weighted by Crippen LogP contribution is -2.32. The molecule has 3 nitrogen and oxygen atoms in total. The molecule has 2 rings (SSSR count). The van der Waals surface area contributed by atoms with E-state index >= 15 is 0 Å². The molecule has 0 radical (unpaired) electrons. The van der Waals surface area contributed by atoms with Gasteiger partial charge in [-0.3, -0.25) is 4.79 Å². The molecule has 5 heteroatoms. The maximum Gasteiger partial charge on any atom is 0.270 e. The number of halogens is 1. The summed E-state index contributed by atoms with van der Waals surface area (Å²) in [5, 5.41) is 4.74. The summed E-state index contributed by atoms with van der Waals surface area (Å²) in [4.78, 5) is 16.3. The number of nitrogens with one attached hydrogen (secondary N) is 1. The minimum Gasteiger partial charge on any atom is -0.350 e. The Morgan fingerprint density at radius 1 is 1.62 bits per heavy atom. The standard InChI is InChI=1S/C11H15BrN2OS/c12-9-3-1-2-8(4-9)5-13-11(15)10-6-16-7-14-10/h6-9H,1-5H2,(H,13,15). The zero-order valence-corrected chi connectivity index (χ0v) is 11.4. The van der Waals surface area contributed by atoms with Gasteiger partial charge in [0, 0.05) is 16.8 Å². The van der Waals surface area contributed by atoms with Gasteiger partial charge in [0.1, 0.15) is 5.69 Å². The van der Waals surface area contributed by atoms with Gasteiger partial charge < -0.3 is 5.32 Å². The van der Waals surface area contributed by atoms with Crippen molar-refractivity contribution in [2.24, 2.45) is 5.92 Å². The van der Waals surface area contributed by atoms with Crippen molar-refractivity contribution in [3.63, 3.8) is 0 Å². The lowest BCUT2D eigenvalue weighted by Gasteiger charge is -2.25. The van der Waals surface area contributed by atoms with Crippen LogP contribution in [0.4, 0.5) is 0 Å². The van der Waals surface area contributed by atoms with Gasteiger partial charge in [-0.25, -0.2) is 4.98 Å². The molecule has 1 aromatic rings. The third-order valence-electron chi connectivity index (χ3n) is 2.94. The fraction of sp³-hybridized carbons (Fsp3) is 0.636. The Hall–Kier alpha value is -0.420. The van der Waals surface area contributed by atoms with Gasteiger partial charge in [-0.1, -0.05) is 22.4 Å². The van der Waals surface area contributed by atoms with E-state index in [9.17, 15) is 4.79 Å². The van der Waals surface area contributed by atoms with Crippen LogP contribution in [0.5, 0.6) is 0 Å². The highest BCUT2D eigenvalue weighted by Gasteiger charge is 2.20. The molecule has 0 bridgehead atoms. The summed E-state index contributed by atoms with van der Waals surface area (Å²) in [5.74, 6) is 0.568. The molecule has 0 saturated heterocycles. The minimum atomic E-state index is -0.0436. The first-order valence-electron chi connectivity index (χ1n) is 5.56. The second-order valence-electron chi connectivity index (χ2n) is 4.21. The Bertz CT molecular complexity index is 342. The van der Waals surface area contributed by atoms with E-state index in [2.05, 4.69) is 26.2 Å². The van der Waals surface area contributed by atoms with Gasteiger partial charge in [0.2, 0.25) is 0 Å². The van der Waals surface area contributed by atoms with Gasteiger partial charge in [0.25, 0.3) is 5.91 Å². The SMILES string of the molecule is O=C(NCC1CCCC(Br)C1)c1cscn1. The van der Waals surface area contributed by atoms with E-state index in [-0.39, 0.29) is 5.91 Å². The fourth-order valence-electron chi connectivity index (χ4n) is 2.06. The zero-order chi connectivity index (χ0) is 11.4. The van der Waals surface area contributed by atoms with Gasteiger partial charge >= 0.3 is 0 Å². The third kappa shape index (κ3) is 3.28. The topological polar surface area (TPSA) is 42.0 Å². The number of alkyl halides is 1. The van der Waals surface area contributed by atoms with Gasteiger partial charge in [0.05, 0.1) is 5.51 Å². The van der Waals surface area contributed by atoms with E-state index in [0.717, 1.165) is 13.0 Å². The van der Waals surface area contributed by atoms with Crippen LogP contribution < -0.4 is 5.32 Å². The van der Waals surface area contributed by atoms with E-state index < -0.39 is 0 Å². The van der Waals surface area contributed by atoms with Gasteiger partial charge in [-0.2, -0.15) is 0 Å². The number of rotatable bonds is 3. The van der Waals surface area contributed by atoms with Crippen LogP contribution in [-0.4, -0.2) is 22.3 Å². The summed E-state index contributed by atoms with van der Waals surface area (Å²) < 4.78 is 0. The number of nitrogens with zero attached hydrogens (tertiary/aromatic N) is 1. The molecule has 1 heterocycles. The molecule has 88 valence electrons. The molecule has 1 amide bonds. The van der Waals surface area contributed by atoms with E-state index in [1.165, 1.54) is 30.6 Å². The summed E-state index contributed by atoms with van der Waals surface area (Å²) in [7, 11) is 0. The van der Waals surface area contributed by atoms with Crippen molar-refractivity contribution >= 4 is 33.2 Å². The fourth-order valence-corrected chi connectivity index (χ4v) is 3.45. The van der Waals surface area contributed by atoms with Crippen molar-refractivity contribution in [2.75, 3.05) is 6.54 Å². The summed E-state index contributed by atoms with van der Waals surface area (Å²) in [5.41, 5.74) is 2.22. The van der Waals surface area contributed by atoms with Crippen LogP contribution in [-0.2, 0) is 0 Å². The second kappa shape index (κ2) is 5.77. The van der Waals surface area contributed by atoms with Crippen LogP contribution in [0.25, 0.3) is 0 Å². The van der Waals surface area contributed by atoms with E-state index in [0.29, 0.717) is 16.4 Å². The average molecular weight is 303 g/mol. The van der Waals surface area contributed by atoms with Crippen LogP contribution in [0.3, 0.4) is 0 Å². The largest absolute Gasteiger partial charge is 0.350 e. The molecule has 2 unspecified atom stereocenters. The van der Waals surface area contributed by atoms with Crippen molar-refractivity contribution < 1.29 is 4.79 Å². The highest BCUT2D eigenvalue weighted by Crippen LogP contribution is 2.28. The number of amides is 1. The van der Waals surface area contributed by atoms with Gasteiger partial charge in [-0.05, 0) is 25.2 Å². The van der Waals surface area contributed by atoms with Crippen molar-refractivity contribution in [3.8, 4) is 0 Å². The number of hydrogen-bond acceptors (Lipinski definition) is 3. The quantitative estimate of drug-likeness (QED) is 0.873. The van der Waals surface area contributed by atoms with Crippen LogP contribution in [0.2, 0.25) is 0 Å². The zero-order valence-electron chi connectivity index (χ0n) is 8.99. The third-order valence-corrected chi connectivity index (χ3v) is 4.35. The number of aromatic nitrogens is 1. The molecule has 0 aliphatic heterocycles. The van der Waals surface area contributed by atoms with Crippen LogP contribution in [0.1, 0.15) is 36.2 Å². The molecule has 0 spiro atoms. The van der Waals surface area contributed by atoms with Crippen LogP contribution in [0.15, 0.2) is 10.9 Å².